The average Bonchev–Trinajstić information content (AvgIpc) is 3.55. The summed E-state index contributed by atoms with van der Waals surface area (Å²) in [5.41, 5.74) is 3.47. The van der Waals surface area contributed by atoms with E-state index in [1.807, 2.05) is 47.4 Å². The highest BCUT2D eigenvalue weighted by Crippen LogP contribution is 2.34. The van der Waals surface area contributed by atoms with Gasteiger partial charge in [-0.2, -0.15) is 0 Å². The summed E-state index contributed by atoms with van der Waals surface area (Å²) in [5, 5.41) is 5.04. The standard InChI is InChI=1S/C25H19FN4O2/c26-17-9-11-19-21(14-17)28-24(27-19)22-7-4-12-30(22)25(31)16-8-10-18-20(13-16)29-32-23(18)15-5-2-1-3-6-15/h1-3,5-6,8-11,13-14,22H,4,7,12H2,(H,27,28). The Morgan fingerprint density at radius 2 is 1.94 bits per heavy atom. The lowest BCUT2D eigenvalue weighted by atomic mass is 10.1. The molecule has 0 saturated carbocycles. The number of aromatic amines is 1. The maximum absolute atomic E-state index is 13.6. The fourth-order valence-electron chi connectivity index (χ4n) is 4.49. The van der Waals surface area contributed by atoms with Gasteiger partial charge in [-0.3, -0.25) is 4.79 Å². The number of carbonyl (C=O) groups is 1. The summed E-state index contributed by atoms with van der Waals surface area (Å²) in [6.45, 7) is 0.640. The molecule has 0 bridgehead atoms. The Bertz CT molecular complexity index is 1460. The predicted molar refractivity (Wildman–Crippen MR) is 119 cm³/mol. The molecule has 7 heteroatoms. The zero-order valence-electron chi connectivity index (χ0n) is 17.1. The molecule has 3 aromatic carbocycles. The van der Waals surface area contributed by atoms with Crippen molar-refractivity contribution in [1.82, 2.24) is 20.0 Å². The van der Waals surface area contributed by atoms with Crippen LogP contribution in [0.1, 0.15) is 35.1 Å². The first-order valence-corrected chi connectivity index (χ1v) is 10.6. The number of aromatic nitrogens is 3. The maximum Gasteiger partial charge on any atom is 0.254 e. The Balaban J connectivity index is 1.32. The molecule has 0 radical (unpaired) electrons. The molecular formula is C25H19FN4O2. The van der Waals surface area contributed by atoms with Crippen LogP contribution in [0.2, 0.25) is 0 Å². The van der Waals surface area contributed by atoms with Crippen LogP contribution in [0.25, 0.3) is 33.3 Å². The van der Waals surface area contributed by atoms with E-state index in [0.717, 1.165) is 23.8 Å². The van der Waals surface area contributed by atoms with E-state index in [1.54, 1.807) is 12.1 Å². The number of nitrogens with zero attached hydrogens (tertiary/aromatic N) is 3. The summed E-state index contributed by atoms with van der Waals surface area (Å²) in [6, 6.07) is 19.5. The normalized spacial score (nSPS) is 16.3. The number of nitrogens with one attached hydrogen (secondary N) is 1. The van der Waals surface area contributed by atoms with Crippen molar-refractivity contribution in [3.05, 3.63) is 83.9 Å². The van der Waals surface area contributed by atoms with E-state index in [1.165, 1.54) is 12.1 Å². The van der Waals surface area contributed by atoms with Crippen LogP contribution in [0.5, 0.6) is 0 Å². The van der Waals surface area contributed by atoms with Crippen molar-refractivity contribution >= 4 is 27.8 Å². The second-order valence-electron chi connectivity index (χ2n) is 8.05. The highest BCUT2D eigenvalue weighted by atomic mass is 19.1. The van der Waals surface area contributed by atoms with Gasteiger partial charge in [-0.1, -0.05) is 35.5 Å². The number of H-pyrrole nitrogens is 1. The number of hydrogen-bond donors (Lipinski definition) is 1. The van der Waals surface area contributed by atoms with Crippen LogP contribution in [0.3, 0.4) is 0 Å². The molecule has 32 heavy (non-hydrogen) atoms. The first-order valence-electron chi connectivity index (χ1n) is 10.6. The summed E-state index contributed by atoms with van der Waals surface area (Å²) < 4.78 is 19.1. The molecule has 1 atom stereocenters. The van der Waals surface area contributed by atoms with Gasteiger partial charge in [0, 0.05) is 23.1 Å². The Hall–Kier alpha value is -4.00. The van der Waals surface area contributed by atoms with Crippen LogP contribution in [0.15, 0.2) is 71.3 Å². The van der Waals surface area contributed by atoms with Gasteiger partial charge in [0.2, 0.25) is 0 Å². The third kappa shape index (κ3) is 3.05. The molecule has 0 spiro atoms. The summed E-state index contributed by atoms with van der Waals surface area (Å²) >= 11 is 0. The Labute approximate surface area is 182 Å². The quantitative estimate of drug-likeness (QED) is 0.414. The van der Waals surface area contributed by atoms with Crippen LogP contribution in [-0.4, -0.2) is 32.5 Å². The molecule has 1 fully saturated rings. The molecule has 1 aliphatic rings. The van der Waals surface area contributed by atoms with E-state index in [2.05, 4.69) is 15.1 Å². The van der Waals surface area contributed by atoms with Gasteiger partial charge in [-0.25, -0.2) is 9.37 Å². The number of rotatable bonds is 3. The van der Waals surface area contributed by atoms with Crippen LogP contribution < -0.4 is 0 Å². The van der Waals surface area contributed by atoms with Gasteiger partial charge in [0.1, 0.15) is 17.2 Å². The van der Waals surface area contributed by atoms with Crippen LogP contribution >= 0.6 is 0 Å². The third-order valence-electron chi connectivity index (χ3n) is 6.05. The summed E-state index contributed by atoms with van der Waals surface area (Å²) in [4.78, 5) is 23.0. The predicted octanol–water partition coefficient (Wildman–Crippen LogP) is 5.49. The molecule has 1 N–H and O–H groups in total. The number of halogens is 1. The van der Waals surface area contributed by atoms with E-state index in [-0.39, 0.29) is 17.8 Å². The van der Waals surface area contributed by atoms with Crippen molar-refractivity contribution in [2.75, 3.05) is 6.54 Å². The van der Waals surface area contributed by atoms with Gasteiger partial charge in [-0.05, 0) is 49.2 Å². The number of imidazole rings is 1. The molecule has 5 aromatic rings. The van der Waals surface area contributed by atoms with Crippen molar-refractivity contribution in [3.8, 4) is 11.3 Å². The molecule has 158 valence electrons. The maximum atomic E-state index is 13.6. The molecule has 1 unspecified atom stereocenters. The fraction of sp³-hybridized carbons (Fsp3) is 0.160. The molecule has 0 aliphatic carbocycles. The summed E-state index contributed by atoms with van der Waals surface area (Å²) in [7, 11) is 0. The Kier molecular flexibility index (Phi) is 4.28. The van der Waals surface area contributed by atoms with E-state index in [9.17, 15) is 9.18 Å². The van der Waals surface area contributed by atoms with Gasteiger partial charge >= 0.3 is 0 Å². The largest absolute Gasteiger partial charge is 0.355 e. The zero-order valence-corrected chi connectivity index (χ0v) is 17.1. The second-order valence-corrected chi connectivity index (χ2v) is 8.05. The van der Waals surface area contributed by atoms with Crippen molar-refractivity contribution in [2.24, 2.45) is 0 Å². The Morgan fingerprint density at radius 1 is 1.06 bits per heavy atom. The van der Waals surface area contributed by atoms with E-state index in [4.69, 9.17) is 4.52 Å². The molecule has 1 aliphatic heterocycles. The van der Waals surface area contributed by atoms with Gasteiger partial charge < -0.3 is 14.4 Å². The monoisotopic (exact) mass is 426 g/mol. The Morgan fingerprint density at radius 3 is 2.81 bits per heavy atom. The van der Waals surface area contributed by atoms with Crippen LogP contribution in [0.4, 0.5) is 4.39 Å². The minimum Gasteiger partial charge on any atom is -0.355 e. The lowest BCUT2D eigenvalue weighted by Crippen LogP contribution is -2.31. The highest BCUT2D eigenvalue weighted by Gasteiger charge is 2.33. The number of fused-ring (bicyclic) bond motifs is 2. The smallest absolute Gasteiger partial charge is 0.254 e. The SMILES string of the molecule is O=C(c1ccc2c(-c3ccccc3)onc2c1)N1CCCC1c1nc2ccc(F)cc2[nH]1. The zero-order chi connectivity index (χ0) is 21.7. The third-order valence-corrected chi connectivity index (χ3v) is 6.05. The van der Waals surface area contributed by atoms with Crippen molar-refractivity contribution in [3.63, 3.8) is 0 Å². The minimum absolute atomic E-state index is 0.0784. The van der Waals surface area contributed by atoms with Gasteiger partial charge in [-0.15, -0.1) is 0 Å². The van der Waals surface area contributed by atoms with Crippen molar-refractivity contribution < 1.29 is 13.7 Å². The summed E-state index contributed by atoms with van der Waals surface area (Å²) in [5.74, 6) is 0.978. The fourth-order valence-corrected chi connectivity index (χ4v) is 4.49. The number of likely N-dealkylation sites (tertiary alicyclic amines) is 1. The number of carbonyl (C=O) groups excluding carboxylic acids is 1. The molecule has 6 rings (SSSR count). The highest BCUT2D eigenvalue weighted by molar-refractivity contribution is 6.00. The minimum atomic E-state index is -0.317. The lowest BCUT2D eigenvalue weighted by Gasteiger charge is -2.23. The number of hydrogen-bond acceptors (Lipinski definition) is 4. The molecular weight excluding hydrogens is 407 g/mol. The first kappa shape index (κ1) is 18.7. The van der Waals surface area contributed by atoms with E-state index in [0.29, 0.717) is 40.2 Å². The van der Waals surface area contributed by atoms with Crippen LogP contribution in [0, 0.1) is 5.82 Å². The molecule has 2 aromatic heterocycles. The van der Waals surface area contributed by atoms with Crippen molar-refractivity contribution in [1.29, 1.82) is 0 Å². The molecule has 3 heterocycles. The first-order chi connectivity index (χ1) is 15.7. The lowest BCUT2D eigenvalue weighted by molar-refractivity contribution is 0.0730. The van der Waals surface area contributed by atoms with Gasteiger partial charge in [0.15, 0.2) is 5.76 Å². The van der Waals surface area contributed by atoms with Gasteiger partial charge in [0.05, 0.1) is 17.1 Å². The molecule has 6 nitrogen and oxygen atoms in total. The molecule has 1 saturated heterocycles. The summed E-state index contributed by atoms with van der Waals surface area (Å²) in [6.07, 6.45) is 1.69. The van der Waals surface area contributed by atoms with Gasteiger partial charge in [0.25, 0.3) is 5.91 Å². The number of amides is 1. The topological polar surface area (TPSA) is 75.0 Å². The van der Waals surface area contributed by atoms with E-state index >= 15 is 0 Å². The number of benzene rings is 3. The van der Waals surface area contributed by atoms with Crippen molar-refractivity contribution in [2.45, 2.75) is 18.9 Å². The second kappa shape index (κ2) is 7.30. The van der Waals surface area contributed by atoms with Crippen LogP contribution in [-0.2, 0) is 0 Å². The molecule has 1 amide bonds. The van der Waals surface area contributed by atoms with E-state index < -0.39 is 0 Å². The average molecular weight is 426 g/mol.